The van der Waals surface area contributed by atoms with Crippen LogP contribution >= 0.6 is 0 Å². The minimum absolute atomic E-state index is 0.195. The first-order valence-electron chi connectivity index (χ1n) is 6.41. The van der Waals surface area contributed by atoms with Gasteiger partial charge in [-0.1, -0.05) is 23.8 Å². The van der Waals surface area contributed by atoms with E-state index < -0.39 is 5.97 Å². The molecule has 1 heterocycles. The van der Waals surface area contributed by atoms with E-state index in [9.17, 15) is 9.90 Å². The number of carbonyl (C=O) groups is 1. The summed E-state index contributed by atoms with van der Waals surface area (Å²) in [6.45, 7) is 5.42. The lowest BCUT2D eigenvalue weighted by atomic mass is 9.70. The summed E-state index contributed by atoms with van der Waals surface area (Å²) in [4.78, 5) is 11.2. The van der Waals surface area contributed by atoms with Crippen molar-refractivity contribution in [3.8, 4) is 0 Å². The summed E-state index contributed by atoms with van der Waals surface area (Å²) in [5, 5.41) is 9.21. The smallest absolute Gasteiger partial charge is 0.304 e. The molecule has 1 saturated heterocycles. The normalized spacial score (nSPS) is 18.6. The van der Waals surface area contributed by atoms with Gasteiger partial charge in [0.1, 0.15) is 0 Å². The zero-order valence-electron chi connectivity index (χ0n) is 11.0. The van der Waals surface area contributed by atoms with Crippen molar-refractivity contribution in [2.75, 3.05) is 13.2 Å². The van der Waals surface area contributed by atoms with Crippen molar-refractivity contribution < 1.29 is 14.6 Å². The molecule has 0 amide bonds. The summed E-state index contributed by atoms with van der Waals surface area (Å²) < 4.78 is 5.40. The fourth-order valence-electron chi connectivity index (χ4n) is 2.90. The first-order chi connectivity index (χ1) is 8.53. The van der Waals surface area contributed by atoms with Crippen molar-refractivity contribution in [2.45, 2.75) is 38.5 Å². The highest BCUT2D eigenvalue weighted by atomic mass is 16.5. The molecule has 0 saturated carbocycles. The minimum atomic E-state index is -0.724. The van der Waals surface area contributed by atoms with Gasteiger partial charge in [-0.3, -0.25) is 4.79 Å². The molecular weight excluding hydrogens is 228 g/mol. The molecule has 1 aliphatic heterocycles. The number of hydrogen-bond donors (Lipinski definition) is 1. The fraction of sp³-hybridized carbons (Fsp3) is 0.533. The Labute approximate surface area is 108 Å². The quantitative estimate of drug-likeness (QED) is 0.894. The molecule has 0 aromatic heterocycles. The van der Waals surface area contributed by atoms with Gasteiger partial charge in [-0.25, -0.2) is 0 Å². The highest BCUT2D eigenvalue weighted by Gasteiger charge is 2.37. The average molecular weight is 248 g/mol. The van der Waals surface area contributed by atoms with E-state index in [1.807, 2.05) is 0 Å². The SMILES string of the molecule is Cc1ccc(C)c(C2(CC(=O)O)CCOCC2)c1. The van der Waals surface area contributed by atoms with E-state index in [4.69, 9.17) is 4.74 Å². The van der Waals surface area contributed by atoms with Gasteiger partial charge in [-0.15, -0.1) is 0 Å². The molecule has 1 fully saturated rings. The molecule has 0 radical (unpaired) electrons. The number of carboxylic acids is 1. The van der Waals surface area contributed by atoms with Gasteiger partial charge in [-0.05, 0) is 37.8 Å². The highest BCUT2D eigenvalue weighted by Crippen LogP contribution is 2.40. The van der Waals surface area contributed by atoms with Gasteiger partial charge in [0.15, 0.2) is 0 Å². The van der Waals surface area contributed by atoms with Crippen molar-refractivity contribution in [3.63, 3.8) is 0 Å². The third-order valence-electron chi connectivity index (χ3n) is 3.90. The van der Waals surface area contributed by atoms with Gasteiger partial charge < -0.3 is 9.84 Å². The predicted octanol–water partition coefficient (Wildman–Crippen LogP) is 2.83. The maximum Gasteiger partial charge on any atom is 0.304 e. The van der Waals surface area contributed by atoms with E-state index in [2.05, 4.69) is 32.0 Å². The third-order valence-corrected chi connectivity index (χ3v) is 3.90. The van der Waals surface area contributed by atoms with Gasteiger partial charge in [-0.2, -0.15) is 0 Å². The maximum absolute atomic E-state index is 11.2. The summed E-state index contributed by atoms with van der Waals surface area (Å²) in [5.74, 6) is -0.724. The van der Waals surface area contributed by atoms with Crippen LogP contribution in [0.2, 0.25) is 0 Å². The summed E-state index contributed by atoms with van der Waals surface area (Å²) in [6.07, 6.45) is 1.79. The Kier molecular flexibility index (Phi) is 3.71. The molecular formula is C15H20O3. The van der Waals surface area contributed by atoms with Crippen LogP contribution in [0.5, 0.6) is 0 Å². The van der Waals surface area contributed by atoms with Crippen LogP contribution in [-0.2, 0) is 14.9 Å². The largest absolute Gasteiger partial charge is 0.481 e. The molecule has 0 unspecified atom stereocenters. The molecule has 3 nitrogen and oxygen atoms in total. The van der Waals surface area contributed by atoms with E-state index in [0.717, 1.165) is 12.8 Å². The topological polar surface area (TPSA) is 46.5 Å². The molecule has 3 heteroatoms. The second-order valence-electron chi connectivity index (χ2n) is 5.28. The number of carboxylic acid groups (broad SMARTS) is 1. The first kappa shape index (κ1) is 13.1. The van der Waals surface area contributed by atoms with Crippen LogP contribution in [0, 0.1) is 13.8 Å². The fourth-order valence-corrected chi connectivity index (χ4v) is 2.90. The second kappa shape index (κ2) is 5.11. The van der Waals surface area contributed by atoms with E-state index in [-0.39, 0.29) is 11.8 Å². The average Bonchev–Trinajstić information content (AvgIpc) is 2.32. The lowest BCUT2D eigenvalue weighted by molar-refractivity contribution is -0.139. The van der Waals surface area contributed by atoms with Crippen LogP contribution in [0.15, 0.2) is 18.2 Å². The number of ether oxygens (including phenoxy) is 1. The van der Waals surface area contributed by atoms with Crippen LogP contribution in [0.25, 0.3) is 0 Å². The van der Waals surface area contributed by atoms with Crippen molar-refractivity contribution in [1.29, 1.82) is 0 Å². The summed E-state index contributed by atoms with van der Waals surface area (Å²) in [6, 6.07) is 6.31. The molecule has 0 atom stereocenters. The molecule has 18 heavy (non-hydrogen) atoms. The molecule has 0 bridgehead atoms. The Morgan fingerprint density at radius 3 is 2.61 bits per heavy atom. The van der Waals surface area contributed by atoms with E-state index in [1.54, 1.807) is 0 Å². The molecule has 1 aromatic carbocycles. The van der Waals surface area contributed by atoms with Crippen molar-refractivity contribution in [2.24, 2.45) is 0 Å². The maximum atomic E-state index is 11.2. The second-order valence-corrected chi connectivity index (χ2v) is 5.28. The van der Waals surface area contributed by atoms with Crippen LogP contribution in [0.1, 0.15) is 36.0 Å². The first-order valence-corrected chi connectivity index (χ1v) is 6.41. The van der Waals surface area contributed by atoms with Gasteiger partial charge in [0, 0.05) is 18.6 Å². The summed E-state index contributed by atoms with van der Waals surface area (Å²) in [5.41, 5.74) is 3.31. The van der Waals surface area contributed by atoms with Crippen LogP contribution < -0.4 is 0 Å². The van der Waals surface area contributed by atoms with E-state index in [1.165, 1.54) is 16.7 Å². The summed E-state index contributed by atoms with van der Waals surface area (Å²) in [7, 11) is 0. The molecule has 2 rings (SSSR count). The highest BCUT2D eigenvalue weighted by molar-refractivity contribution is 5.69. The summed E-state index contributed by atoms with van der Waals surface area (Å²) >= 11 is 0. The molecule has 1 aliphatic rings. The van der Waals surface area contributed by atoms with Crippen LogP contribution in [-0.4, -0.2) is 24.3 Å². The number of benzene rings is 1. The number of aryl methyl sites for hydroxylation is 2. The van der Waals surface area contributed by atoms with Gasteiger partial charge in [0.2, 0.25) is 0 Å². The van der Waals surface area contributed by atoms with Crippen LogP contribution in [0.3, 0.4) is 0 Å². The Hall–Kier alpha value is -1.35. The number of hydrogen-bond acceptors (Lipinski definition) is 2. The molecule has 1 N–H and O–H groups in total. The van der Waals surface area contributed by atoms with Crippen molar-refractivity contribution in [1.82, 2.24) is 0 Å². The van der Waals surface area contributed by atoms with Crippen LogP contribution in [0.4, 0.5) is 0 Å². The lowest BCUT2D eigenvalue weighted by Gasteiger charge is -2.37. The van der Waals surface area contributed by atoms with E-state index in [0.29, 0.717) is 13.2 Å². The molecule has 0 aliphatic carbocycles. The number of aliphatic carboxylic acids is 1. The van der Waals surface area contributed by atoms with Gasteiger partial charge >= 0.3 is 5.97 Å². The molecule has 1 aromatic rings. The Morgan fingerprint density at radius 2 is 2.00 bits per heavy atom. The third kappa shape index (κ3) is 2.56. The van der Waals surface area contributed by atoms with E-state index >= 15 is 0 Å². The Morgan fingerprint density at radius 1 is 1.33 bits per heavy atom. The Bertz CT molecular complexity index is 445. The monoisotopic (exact) mass is 248 g/mol. The number of rotatable bonds is 3. The minimum Gasteiger partial charge on any atom is -0.481 e. The zero-order valence-corrected chi connectivity index (χ0v) is 11.0. The standard InChI is InChI=1S/C15H20O3/c1-11-3-4-12(2)13(9-11)15(10-14(16)17)5-7-18-8-6-15/h3-4,9H,5-8,10H2,1-2H3,(H,16,17). The van der Waals surface area contributed by atoms with Gasteiger partial charge in [0.05, 0.1) is 6.42 Å². The zero-order chi connectivity index (χ0) is 13.2. The molecule has 0 spiro atoms. The van der Waals surface area contributed by atoms with Crippen molar-refractivity contribution in [3.05, 3.63) is 34.9 Å². The van der Waals surface area contributed by atoms with Gasteiger partial charge in [0.25, 0.3) is 0 Å². The molecule has 98 valence electrons. The lowest BCUT2D eigenvalue weighted by Crippen LogP contribution is -2.36. The Balaban J connectivity index is 2.44. The van der Waals surface area contributed by atoms with Crippen molar-refractivity contribution >= 4 is 5.97 Å². The predicted molar refractivity (Wildman–Crippen MR) is 69.9 cm³/mol.